The molecule has 7 heteroatoms. The predicted molar refractivity (Wildman–Crippen MR) is 110 cm³/mol. The molecule has 140 valence electrons. The maximum atomic E-state index is 12.4. The Kier molecular flexibility index (Phi) is 5.10. The van der Waals surface area contributed by atoms with Crippen LogP contribution in [0.2, 0.25) is 5.02 Å². The quantitative estimate of drug-likeness (QED) is 0.613. The molecule has 0 spiro atoms. The molecule has 0 saturated heterocycles. The average molecular weight is 384 g/mol. The summed E-state index contributed by atoms with van der Waals surface area (Å²) in [6, 6.07) is 16.4. The fraction of sp³-hybridized carbons (Fsp3) is 0.200. The van der Waals surface area contributed by atoms with Crippen LogP contribution in [0.3, 0.4) is 0 Å². The minimum atomic E-state index is -0.380. The van der Waals surface area contributed by atoms with Gasteiger partial charge >= 0.3 is 6.03 Å². The number of nitrogens with zero attached hydrogens (tertiary/aromatic N) is 2. The second kappa shape index (κ2) is 7.32. The van der Waals surface area contributed by atoms with Crippen LogP contribution < -0.4 is 16.4 Å². The van der Waals surface area contributed by atoms with Crippen molar-refractivity contribution in [3.8, 4) is 16.9 Å². The molecule has 27 heavy (non-hydrogen) atoms. The van der Waals surface area contributed by atoms with E-state index in [1.807, 2.05) is 63.2 Å². The van der Waals surface area contributed by atoms with Gasteiger partial charge in [0.1, 0.15) is 11.4 Å². The van der Waals surface area contributed by atoms with E-state index >= 15 is 0 Å². The number of nitrogens with two attached hydrogens (primary N) is 1. The number of hydrogen-bond donors (Lipinski definition) is 3. The van der Waals surface area contributed by atoms with Crippen LogP contribution in [-0.2, 0) is 0 Å². The van der Waals surface area contributed by atoms with E-state index in [4.69, 9.17) is 17.3 Å². The van der Waals surface area contributed by atoms with Gasteiger partial charge in [0, 0.05) is 16.1 Å². The Morgan fingerprint density at radius 1 is 1.07 bits per heavy atom. The molecule has 1 aromatic heterocycles. The van der Waals surface area contributed by atoms with Crippen molar-refractivity contribution in [2.45, 2.75) is 26.3 Å². The van der Waals surface area contributed by atoms with Crippen LogP contribution in [0.5, 0.6) is 0 Å². The number of benzene rings is 2. The van der Waals surface area contributed by atoms with E-state index in [9.17, 15) is 4.79 Å². The molecule has 0 bridgehead atoms. The number of urea groups is 1. The molecule has 0 aliphatic rings. The Balaban J connectivity index is 2.07. The summed E-state index contributed by atoms with van der Waals surface area (Å²) in [5.41, 5.74) is 8.58. The smallest absolute Gasteiger partial charge is 0.319 e. The van der Waals surface area contributed by atoms with E-state index in [1.165, 1.54) is 0 Å². The number of carbonyl (C=O) groups is 1. The number of nitrogens with one attached hydrogen (secondary N) is 2. The van der Waals surface area contributed by atoms with Gasteiger partial charge < -0.3 is 16.4 Å². The molecule has 0 unspecified atom stereocenters. The van der Waals surface area contributed by atoms with Crippen LogP contribution >= 0.6 is 11.6 Å². The lowest BCUT2D eigenvalue weighted by Gasteiger charge is -2.20. The third kappa shape index (κ3) is 4.41. The van der Waals surface area contributed by atoms with Crippen molar-refractivity contribution in [1.29, 1.82) is 0 Å². The molecular weight excluding hydrogens is 362 g/mol. The maximum Gasteiger partial charge on any atom is 0.319 e. The largest absolute Gasteiger partial charge is 0.382 e. The SMILES string of the molecule is CC(C)(C)NC(=O)Nc1c(-c2ccc(Cl)cc2)nn(-c2ccccc2)c1N. The highest BCUT2D eigenvalue weighted by molar-refractivity contribution is 6.30. The number of rotatable bonds is 3. The third-order valence-corrected chi connectivity index (χ3v) is 4.02. The number of hydrogen-bond acceptors (Lipinski definition) is 3. The first-order chi connectivity index (χ1) is 12.7. The van der Waals surface area contributed by atoms with Gasteiger partial charge in [-0.1, -0.05) is 41.9 Å². The van der Waals surface area contributed by atoms with Gasteiger partial charge in [-0.05, 0) is 45.0 Å². The second-order valence-corrected chi connectivity index (χ2v) is 7.63. The first-order valence-corrected chi connectivity index (χ1v) is 8.91. The van der Waals surface area contributed by atoms with E-state index in [2.05, 4.69) is 15.7 Å². The summed E-state index contributed by atoms with van der Waals surface area (Å²) in [7, 11) is 0. The fourth-order valence-corrected chi connectivity index (χ4v) is 2.74. The number of amides is 2. The molecular formula is C20H22ClN5O. The van der Waals surface area contributed by atoms with Gasteiger partial charge in [-0.15, -0.1) is 0 Å². The molecule has 0 aliphatic heterocycles. The number of halogens is 1. The van der Waals surface area contributed by atoms with Crippen molar-refractivity contribution in [3.05, 3.63) is 59.6 Å². The van der Waals surface area contributed by atoms with Gasteiger partial charge in [0.2, 0.25) is 0 Å². The fourth-order valence-electron chi connectivity index (χ4n) is 2.62. The summed E-state index contributed by atoms with van der Waals surface area (Å²) in [6.45, 7) is 5.72. The highest BCUT2D eigenvalue weighted by atomic mass is 35.5. The van der Waals surface area contributed by atoms with Crippen molar-refractivity contribution in [1.82, 2.24) is 15.1 Å². The molecule has 6 nitrogen and oxygen atoms in total. The lowest BCUT2D eigenvalue weighted by Crippen LogP contribution is -2.43. The van der Waals surface area contributed by atoms with Gasteiger partial charge in [0.15, 0.2) is 5.82 Å². The minimum Gasteiger partial charge on any atom is -0.382 e. The first kappa shape index (κ1) is 18.8. The molecule has 2 aromatic carbocycles. The zero-order chi connectivity index (χ0) is 19.6. The van der Waals surface area contributed by atoms with Crippen LogP contribution in [0.25, 0.3) is 16.9 Å². The topological polar surface area (TPSA) is 85.0 Å². The molecule has 0 aliphatic carbocycles. The normalized spacial score (nSPS) is 11.3. The number of para-hydroxylation sites is 1. The van der Waals surface area contributed by atoms with Crippen LogP contribution in [0.15, 0.2) is 54.6 Å². The number of anilines is 2. The predicted octanol–water partition coefficient (Wildman–Crippen LogP) is 4.69. The first-order valence-electron chi connectivity index (χ1n) is 8.53. The van der Waals surface area contributed by atoms with Crippen LogP contribution in [0.1, 0.15) is 20.8 Å². The van der Waals surface area contributed by atoms with Gasteiger partial charge in [-0.3, -0.25) is 0 Å². The van der Waals surface area contributed by atoms with Gasteiger partial charge in [0.05, 0.1) is 5.69 Å². The standard InChI is InChI=1S/C20H22ClN5O/c1-20(2,3)24-19(27)23-17-16(13-9-11-14(21)12-10-13)25-26(18(17)22)15-7-5-4-6-8-15/h4-12H,22H2,1-3H3,(H2,23,24,27). The number of aromatic nitrogens is 2. The molecule has 1 heterocycles. The van der Waals surface area contributed by atoms with Crippen molar-refractivity contribution in [2.24, 2.45) is 0 Å². The van der Waals surface area contributed by atoms with Crippen molar-refractivity contribution in [2.75, 3.05) is 11.1 Å². The molecule has 0 saturated carbocycles. The van der Waals surface area contributed by atoms with E-state index < -0.39 is 0 Å². The second-order valence-electron chi connectivity index (χ2n) is 7.19. The minimum absolute atomic E-state index is 0.343. The lowest BCUT2D eigenvalue weighted by atomic mass is 10.1. The van der Waals surface area contributed by atoms with Crippen molar-refractivity contribution >= 4 is 29.1 Å². The lowest BCUT2D eigenvalue weighted by molar-refractivity contribution is 0.244. The number of nitrogen functional groups attached to an aromatic ring is 1. The Morgan fingerprint density at radius 2 is 1.70 bits per heavy atom. The van der Waals surface area contributed by atoms with Crippen LogP contribution in [0.4, 0.5) is 16.3 Å². The van der Waals surface area contributed by atoms with Gasteiger partial charge in [-0.25, -0.2) is 9.48 Å². The summed E-state index contributed by atoms with van der Waals surface area (Å²) < 4.78 is 1.61. The molecule has 0 atom stereocenters. The zero-order valence-electron chi connectivity index (χ0n) is 15.5. The van der Waals surface area contributed by atoms with Crippen LogP contribution in [0, 0.1) is 0 Å². The van der Waals surface area contributed by atoms with Crippen molar-refractivity contribution < 1.29 is 4.79 Å². The van der Waals surface area contributed by atoms with Gasteiger partial charge in [-0.2, -0.15) is 5.10 Å². The Labute approximate surface area is 163 Å². The summed E-state index contributed by atoms with van der Waals surface area (Å²) >= 11 is 6.00. The summed E-state index contributed by atoms with van der Waals surface area (Å²) in [4.78, 5) is 12.4. The van der Waals surface area contributed by atoms with E-state index in [-0.39, 0.29) is 11.6 Å². The maximum absolute atomic E-state index is 12.4. The Morgan fingerprint density at radius 3 is 2.30 bits per heavy atom. The molecule has 2 amide bonds. The van der Waals surface area contributed by atoms with Crippen LogP contribution in [-0.4, -0.2) is 21.4 Å². The highest BCUT2D eigenvalue weighted by Crippen LogP contribution is 2.34. The molecule has 3 rings (SSSR count). The molecule has 0 radical (unpaired) electrons. The van der Waals surface area contributed by atoms with E-state index in [0.29, 0.717) is 22.2 Å². The van der Waals surface area contributed by atoms with E-state index in [0.717, 1.165) is 11.3 Å². The highest BCUT2D eigenvalue weighted by Gasteiger charge is 2.22. The Hall–Kier alpha value is -2.99. The summed E-state index contributed by atoms with van der Waals surface area (Å²) in [5, 5.41) is 11.0. The molecule has 4 N–H and O–H groups in total. The molecule has 0 fully saturated rings. The van der Waals surface area contributed by atoms with Crippen molar-refractivity contribution in [3.63, 3.8) is 0 Å². The summed E-state index contributed by atoms with van der Waals surface area (Å²) in [5.74, 6) is 0.343. The Bertz CT molecular complexity index is 943. The van der Waals surface area contributed by atoms with Gasteiger partial charge in [0.25, 0.3) is 0 Å². The van der Waals surface area contributed by atoms with E-state index in [1.54, 1.807) is 16.8 Å². The summed E-state index contributed by atoms with van der Waals surface area (Å²) in [6.07, 6.45) is 0. The average Bonchev–Trinajstić information content (AvgIpc) is 2.91. The zero-order valence-corrected chi connectivity index (χ0v) is 16.2. The number of carbonyl (C=O) groups excluding carboxylic acids is 1. The molecule has 3 aromatic rings. The third-order valence-electron chi connectivity index (χ3n) is 3.77. The monoisotopic (exact) mass is 383 g/mol.